The zero-order valence-corrected chi connectivity index (χ0v) is 36.5. The van der Waals surface area contributed by atoms with E-state index in [1.54, 1.807) is 60.3 Å². The lowest BCUT2D eigenvalue weighted by Gasteiger charge is -2.41. The number of hydrogen-bond acceptors (Lipinski definition) is 7. The number of amides is 4. The summed E-state index contributed by atoms with van der Waals surface area (Å²) >= 11 is 0. The molecule has 16 heteroatoms. The molecule has 0 aliphatic carbocycles. The summed E-state index contributed by atoms with van der Waals surface area (Å²) in [5.74, 6) is -4.15. The number of fused-ring (bicyclic) bond motifs is 1. The molecule has 6 heterocycles. The van der Waals surface area contributed by atoms with Crippen molar-refractivity contribution in [3.05, 3.63) is 107 Å². The van der Waals surface area contributed by atoms with Gasteiger partial charge < -0.3 is 24.6 Å². The lowest BCUT2D eigenvalue weighted by molar-refractivity contribution is -0.134. The number of piperidine rings is 3. The fraction of sp³-hybridized carbons (Fsp3) is 0.408. The largest absolute Gasteiger partial charge is 0.369 e. The van der Waals surface area contributed by atoms with Crippen LogP contribution >= 0.6 is 0 Å². The predicted molar refractivity (Wildman–Crippen MR) is 239 cm³/mol. The Bertz CT molecular complexity index is 2680. The Morgan fingerprint density at radius 2 is 1.51 bits per heavy atom. The SMILES string of the molecule is CN(C)C(=O)c1cc2c(-c3ccc(N4CCC(C5CCN(c6ccc(C7CCC(=O)NC7=O)cc6F)CC5)CC4)c(F)c3F)cc(C3=CCCN(C(=O)CCn4cccn4)C3)c(F)c2[nH]1. The highest BCUT2D eigenvalue weighted by molar-refractivity contribution is 6.05. The fourth-order valence-corrected chi connectivity index (χ4v) is 10.2. The van der Waals surface area contributed by atoms with Crippen LogP contribution in [0, 0.1) is 35.1 Å². The molecule has 65 heavy (non-hydrogen) atoms. The number of aryl methyl sites for hydroxylation is 1. The van der Waals surface area contributed by atoms with Crippen molar-refractivity contribution in [3.8, 4) is 11.1 Å². The summed E-state index contributed by atoms with van der Waals surface area (Å²) in [6, 6.07) is 12.7. The van der Waals surface area contributed by atoms with Crippen molar-refractivity contribution in [2.24, 2.45) is 11.8 Å². The van der Waals surface area contributed by atoms with Gasteiger partial charge in [0.15, 0.2) is 17.5 Å². The van der Waals surface area contributed by atoms with Crippen LogP contribution in [0.1, 0.15) is 78.9 Å². The Morgan fingerprint density at radius 1 is 0.800 bits per heavy atom. The van der Waals surface area contributed by atoms with Gasteiger partial charge in [0.25, 0.3) is 5.91 Å². The van der Waals surface area contributed by atoms with E-state index in [4.69, 9.17) is 0 Å². The minimum Gasteiger partial charge on any atom is -0.369 e. The van der Waals surface area contributed by atoms with E-state index in [1.807, 2.05) is 15.9 Å². The van der Waals surface area contributed by atoms with Crippen LogP contribution in [0.2, 0.25) is 0 Å². The minimum absolute atomic E-state index is 0.0182. The number of imide groups is 1. The molecule has 0 saturated carbocycles. The van der Waals surface area contributed by atoms with Gasteiger partial charge in [-0.3, -0.25) is 29.2 Å². The molecular weight excluding hydrogens is 841 g/mol. The van der Waals surface area contributed by atoms with Crippen LogP contribution in [0.5, 0.6) is 0 Å². The molecule has 4 aliphatic rings. The van der Waals surface area contributed by atoms with Crippen molar-refractivity contribution < 1.29 is 36.7 Å². The maximum absolute atomic E-state index is 16.6. The van der Waals surface area contributed by atoms with Crippen molar-refractivity contribution in [1.29, 1.82) is 0 Å². The Kier molecular flexibility index (Phi) is 12.3. The first-order valence-electron chi connectivity index (χ1n) is 22.5. The lowest BCUT2D eigenvalue weighted by Crippen LogP contribution is -2.41. The third-order valence-electron chi connectivity index (χ3n) is 13.8. The molecule has 1 atom stereocenters. The van der Waals surface area contributed by atoms with Crippen molar-refractivity contribution in [3.63, 3.8) is 0 Å². The summed E-state index contributed by atoms with van der Waals surface area (Å²) in [5.41, 5.74) is 2.07. The second-order valence-corrected chi connectivity index (χ2v) is 17.9. The van der Waals surface area contributed by atoms with E-state index in [0.717, 1.165) is 25.7 Å². The Hall–Kier alpha value is -6.45. The molecule has 2 N–H and O–H groups in total. The zero-order valence-electron chi connectivity index (χ0n) is 36.5. The second-order valence-electron chi connectivity index (χ2n) is 17.9. The van der Waals surface area contributed by atoms with Crippen LogP contribution in [0.4, 0.5) is 28.9 Å². The molecule has 340 valence electrons. The van der Waals surface area contributed by atoms with Crippen molar-refractivity contribution in [2.45, 2.75) is 63.8 Å². The van der Waals surface area contributed by atoms with Gasteiger partial charge in [-0.2, -0.15) is 5.10 Å². The molecule has 0 bridgehead atoms. The highest BCUT2D eigenvalue weighted by atomic mass is 19.2. The smallest absolute Gasteiger partial charge is 0.269 e. The first-order valence-corrected chi connectivity index (χ1v) is 22.5. The third-order valence-corrected chi connectivity index (χ3v) is 13.8. The first-order chi connectivity index (χ1) is 31.3. The molecule has 3 saturated heterocycles. The summed E-state index contributed by atoms with van der Waals surface area (Å²) in [4.78, 5) is 60.1. The number of H-pyrrole nitrogens is 1. The van der Waals surface area contributed by atoms with Gasteiger partial charge in [0.1, 0.15) is 11.5 Å². The molecule has 1 unspecified atom stereocenters. The fourth-order valence-electron chi connectivity index (χ4n) is 10.2. The predicted octanol–water partition coefficient (Wildman–Crippen LogP) is 7.65. The summed E-state index contributed by atoms with van der Waals surface area (Å²) in [6.45, 7) is 3.37. The van der Waals surface area contributed by atoms with Crippen molar-refractivity contribution >= 4 is 51.5 Å². The highest BCUT2D eigenvalue weighted by Crippen LogP contribution is 2.42. The molecule has 0 spiro atoms. The summed E-state index contributed by atoms with van der Waals surface area (Å²) in [7, 11) is 3.14. The van der Waals surface area contributed by atoms with Gasteiger partial charge >= 0.3 is 0 Å². The number of benzene rings is 3. The third kappa shape index (κ3) is 8.74. The van der Waals surface area contributed by atoms with Crippen molar-refractivity contribution in [1.82, 2.24) is 29.9 Å². The monoisotopic (exact) mass is 892 g/mol. The number of carbonyl (C=O) groups is 4. The van der Waals surface area contributed by atoms with E-state index in [9.17, 15) is 19.2 Å². The lowest BCUT2D eigenvalue weighted by atomic mass is 9.78. The molecule has 5 aromatic rings. The molecular formula is C49H52F4N8O4. The molecule has 4 amide bonds. The standard InChI is InChI=1S/C49H52F4N8O4/c1-57(2)49(65)39-27-37-36(26-35(45(52)47(37)55-39)32-5-3-18-60(28-32)43(63)16-24-61-19-4-17-54-61)34-7-10-41(46(53)44(34)51)59-22-14-30(15-23-59)29-12-20-58(21-13-29)40-9-6-31(25-38(40)50)33-8-11-42(62)56-48(33)64/h4-7,9-10,17,19,25-27,29-30,33,55H,3,8,11-16,18,20-24,28H2,1-2H3,(H,56,62,64). The van der Waals surface area contributed by atoms with Gasteiger partial charge in [0, 0.05) is 102 Å². The normalized spacial score (nSPS) is 18.9. The molecule has 0 radical (unpaired) electrons. The van der Waals surface area contributed by atoms with Gasteiger partial charge in [-0.25, -0.2) is 17.6 Å². The van der Waals surface area contributed by atoms with Crippen LogP contribution in [0.3, 0.4) is 0 Å². The van der Waals surface area contributed by atoms with Crippen molar-refractivity contribution in [2.75, 3.05) is 63.2 Å². The van der Waals surface area contributed by atoms with E-state index in [0.29, 0.717) is 80.8 Å². The van der Waals surface area contributed by atoms with E-state index >= 15 is 17.6 Å². The topological polar surface area (TPSA) is 127 Å². The van der Waals surface area contributed by atoms with Gasteiger partial charge in [-0.1, -0.05) is 12.1 Å². The maximum Gasteiger partial charge on any atom is 0.269 e. The molecule has 4 aliphatic heterocycles. The Balaban J connectivity index is 0.892. The second kappa shape index (κ2) is 18.2. The number of hydrogen-bond donors (Lipinski definition) is 2. The van der Waals surface area contributed by atoms with Crippen LogP contribution < -0.4 is 15.1 Å². The number of nitrogens with zero attached hydrogens (tertiary/aromatic N) is 6. The average Bonchev–Trinajstić information content (AvgIpc) is 4.01. The van der Waals surface area contributed by atoms with Crippen LogP contribution in [0.25, 0.3) is 27.6 Å². The van der Waals surface area contributed by atoms with Gasteiger partial charge in [-0.15, -0.1) is 0 Å². The summed E-state index contributed by atoms with van der Waals surface area (Å²) in [5, 5.41) is 6.73. The summed E-state index contributed by atoms with van der Waals surface area (Å²) in [6.07, 6.45) is 9.84. The van der Waals surface area contributed by atoms with E-state index < -0.39 is 35.2 Å². The first kappa shape index (κ1) is 43.8. The van der Waals surface area contributed by atoms with Crippen LogP contribution in [-0.2, 0) is 20.9 Å². The van der Waals surface area contributed by atoms with E-state index in [1.165, 1.54) is 29.2 Å². The Labute approximate surface area is 374 Å². The highest BCUT2D eigenvalue weighted by Gasteiger charge is 2.34. The van der Waals surface area contributed by atoms with Gasteiger partial charge in [-0.05, 0) is 110 Å². The van der Waals surface area contributed by atoms with Gasteiger partial charge in [0.05, 0.1) is 22.8 Å². The number of carbonyl (C=O) groups excluding carboxylic acids is 4. The van der Waals surface area contributed by atoms with E-state index in [-0.39, 0.29) is 76.0 Å². The maximum atomic E-state index is 16.6. The summed E-state index contributed by atoms with van der Waals surface area (Å²) < 4.78 is 66.7. The zero-order chi connectivity index (χ0) is 45.5. The van der Waals surface area contributed by atoms with Gasteiger partial charge in [0.2, 0.25) is 17.7 Å². The minimum atomic E-state index is -1.08. The molecule has 3 fully saturated rings. The van der Waals surface area contributed by atoms with E-state index in [2.05, 4.69) is 15.4 Å². The van der Waals surface area contributed by atoms with Crippen LogP contribution in [-0.4, -0.2) is 102 Å². The number of anilines is 2. The van der Waals surface area contributed by atoms with Crippen LogP contribution in [0.15, 0.2) is 67.0 Å². The quantitative estimate of drug-likeness (QED) is 0.109. The molecule has 3 aromatic carbocycles. The number of aromatic nitrogens is 3. The molecule has 9 rings (SSSR count). The number of nitrogens with one attached hydrogen (secondary N) is 2. The molecule has 12 nitrogen and oxygen atoms in total. The average molecular weight is 893 g/mol. The number of aromatic amines is 1. The molecule has 2 aromatic heterocycles. The number of halogens is 4. The number of rotatable bonds is 10. The Morgan fingerprint density at radius 3 is 2.17 bits per heavy atom.